The number of hydrogen-bond acceptors (Lipinski definition) is 3. The highest BCUT2D eigenvalue weighted by molar-refractivity contribution is 9.08. The van der Waals surface area contributed by atoms with Crippen molar-refractivity contribution in [1.29, 1.82) is 1.34 Å². The van der Waals surface area contributed by atoms with E-state index >= 15 is 0 Å². The summed E-state index contributed by atoms with van der Waals surface area (Å²) in [4.78, 5) is 10.9. The summed E-state index contributed by atoms with van der Waals surface area (Å²) in [6.07, 6.45) is 0. The van der Waals surface area contributed by atoms with Crippen LogP contribution in [0.5, 0.6) is 0 Å². The predicted molar refractivity (Wildman–Crippen MR) is 44.7 cm³/mol. The molecule has 57 valence electrons. The van der Waals surface area contributed by atoms with Gasteiger partial charge in [0.1, 0.15) is 0 Å². The zero-order valence-corrected chi connectivity index (χ0v) is 7.33. The van der Waals surface area contributed by atoms with Gasteiger partial charge in [-0.05, 0) is 7.40 Å². The molecule has 0 saturated carbocycles. The van der Waals surface area contributed by atoms with Gasteiger partial charge in [-0.1, -0.05) is 0 Å². The van der Waals surface area contributed by atoms with Crippen LogP contribution in [0, 0.1) is 0 Å². The minimum atomic E-state index is -0.517. The molecule has 0 N–H and O–H groups in total. The third-order valence-corrected chi connectivity index (χ3v) is 1.66. The molecule has 0 aliphatic heterocycles. The van der Waals surface area contributed by atoms with Gasteiger partial charge in [-0.15, -0.1) is 0 Å². The summed E-state index contributed by atoms with van der Waals surface area (Å²) in [6, 6.07) is 1.45. The average molecular weight is 217 g/mol. The number of rotatable bonds is 2. The van der Waals surface area contributed by atoms with E-state index < -0.39 is 5.97 Å². The van der Waals surface area contributed by atoms with E-state index in [4.69, 9.17) is 1.34 Å². The predicted octanol–water partition coefficient (Wildman–Crippen LogP) is -0.646. The topological polar surface area (TPSA) is 44.1 Å². The number of nitrogens with zero attached hydrogens (tertiary/aromatic N) is 2. The minimum absolute atomic E-state index is 0.174. The molecule has 0 fully saturated rings. The van der Waals surface area contributed by atoms with Crippen LogP contribution in [0.25, 0.3) is 0 Å². The highest BCUT2D eigenvalue weighted by Crippen LogP contribution is 1.96. The van der Waals surface area contributed by atoms with Crippen LogP contribution < -0.4 is 5.59 Å². The van der Waals surface area contributed by atoms with Crippen molar-refractivity contribution >= 4 is 35.5 Å². The van der Waals surface area contributed by atoms with Gasteiger partial charge in [0.05, 0.1) is 23.3 Å². The van der Waals surface area contributed by atoms with Gasteiger partial charge in [0, 0.05) is 5.59 Å². The van der Waals surface area contributed by atoms with Crippen LogP contribution in [0.1, 0.15) is 10.5 Å². The summed E-state index contributed by atoms with van der Waals surface area (Å²) in [6.45, 7) is 0. The van der Waals surface area contributed by atoms with Gasteiger partial charge in [-0.2, -0.15) is 5.10 Å². The Balaban J connectivity index is 2.96. The first kappa shape index (κ1) is 6.91. The number of carbonyl (C=O) groups excluding carboxylic acids is 1. The van der Waals surface area contributed by atoms with Crippen molar-refractivity contribution in [3.8, 4) is 0 Å². The maximum Gasteiger partial charge on any atom is 0.358 e. The zero-order valence-electron chi connectivity index (χ0n) is 6.74. The molecule has 0 amide bonds. The Kier molecular flexibility index (Phi) is 1.94. The molecule has 1 aromatic heterocycles. The van der Waals surface area contributed by atoms with Crippen molar-refractivity contribution in [1.82, 2.24) is 8.81 Å². The molecule has 0 bridgehead atoms. The second-order valence-corrected chi connectivity index (χ2v) is 2.48. The van der Waals surface area contributed by atoms with Crippen LogP contribution in [-0.4, -0.2) is 31.0 Å². The van der Waals surface area contributed by atoms with Crippen LogP contribution in [0.4, 0.5) is 0 Å². The fourth-order valence-corrected chi connectivity index (χ4v) is 0.852. The van der Waals surface area contributed by atoms with Gasteiger partial charge in [0.2, 0.25) is 0 Å². The average Bonchev–Trinajstić information content (AvgIpc) is 2.45. The van der Waals surface area contributed by atoms with E-state index in [1.165, 1.54) is 16.9 Å². The van der Waals surface area contributed by atoms with Crippen molar-refractivity contribution in [2.45, 2.75) is 0 Å². The normalized spacial score (nSPS) is 10.5. The van der Waals surface area contributed by atoms with Crippen molar-refractivity contribution in [2.75, 3.05) is 7.11 Å². The lowest BCUT2D eigenvalue weighted by molar-refractivity contribution is 0.0594. The maximum atomic E-state index is 10.9. The van der Waals surface area contributed by atoms with E-state index in [2.05, 4.69) is 26.0 Å². The van der Waals surface area contributed by atoms with E-state index in [9.17, 15) is 4.79 Å². The molecule has 0 atom stereocenters. The number of aromatic nitrogens is 2. The van der Waals surface area contributed by atoms with E-state index in [0.29, 0.717) is 5.59 Å². The van der Waals surface area contributed by atoms with Crippen molar-refractivity contribution < 1.29 is 9.53 Å². The molecule has 1 rings (SSSR count). The number of halogens is 1. The Bertz CT molecular complexity index is 304. The molecule has 0 saturated heterocycles. The third-order valence-electron chi connectivity index (χ3n) is 1.09. The standard InChI is InChI=1S/C5H5BBrN2O2/c1-11-5(10)3-2-4(6)9(7)8-3/h2,6H,1H3/i6D. The summed E-state index contributed by atoms with van der Waals surface area (Å²) in [5.74, 6) is -0.517. The Labute approximate surface area is 74.6 Å². The molecular weight excluding hydrogens is 211 g/mol. The van der Waals surface area contributed by atoms with E-state index in [-0.39, 0.29) is 5.69 Å². The Morgan fingerprint density at radius 2 is 2.82 bits per heavy atom. The van der Waals surface area contributed by atoms with Crippen LogP contribution in [0.15, 0.2) is 6.07 Å². The fourth-order valence-electron chi connectivity index (χ4n) is 0.579. The largest absolute Gasteiger partial charge is 0.464 e. The highest BCUT2D eigenvalue weighted by atomic mass is 79.9. The van der Waals surface area contributed by atoms with Gasteiger partial charge >= 0.3 is 5.97 Å². The monoisotopic (exact) mass is 216 g/mol. The zero-order chi connectivity index (χ0) is 9.14. The van der Waals surface area contributed by atoms with E-state index in [1.54, 1.807) is 0 Å². The number of hydrogen-bond donors (Lipinski definition) is 0. The number of carbonyl (C=O) groups is 1. The van der Waals surface area contributed by atoms with Crippen LogP contribution in [-0.2, 0) is 4.74 Å². The number of ether oxygens (including phenoxy) is 1. The first-order valence-electron chi connectivity index (χ1n) is 3.33. The van der Waals surface area contributed by atoms with Crippen LogP contribution in [0.2, 0.25) is 0 Å². The van der Waals surface area contributed by atoms with E-state index in [0.717, 1.165) is 7.81 Å². The smallest absolute Gasteiger partial charge is 0.358 e. The molecule has 0 aliphatic rings. The Morgan fingerprint density at radius 3 is 3.27 bits per heavy atom. The van der Waals surface area contributed by atoms with Crippen molar-refractivity contribution in [3.05, 3.63) is 11.8 Å². The first-order valence-corrected chi connectivity index (χ1v) is 3.46. The molecule has 4 nitrogen and oxygen atoms in total. The van der Waals surface area contributed by atoms with Gasteiger partial charge in [0.15, 0.2) is 13.5 Å². The highest BCUT2D eigenvalue weighted by Gasteiger charge is 2.10. The second kappa shape index (κ2) is 3.08. The summed E-state index contributed by atoms with van der Waals surface area (Å²) in [5, 5.41) is 3.76. The SMILES string of the molecule is [2H][B]c1cc(C(=O)OC)nn1Br. The Hall–Kier alpha value is -0.775. The molecule has 1 heterocycles. The molecular formula is C5H5BBrN2O2. The summed E-state index contributed by atoms with van der Waals surface area (Å²) < 4.78 is 12.6. The third kappa shape index (κ3) is 1.62. The number of esters is 1. The summed E-state index contributed by atoms with van der Waals surface area (Å²) >= 11 is 3.02. The van der Waals surface area contributed by atoms with Crippen molar-refractivity contribution in [2.24, 2.45) is 0 Å². The van der Waals surface area contributed by atoms with E-state index in [1.807, 2.05) is 0 Å². The lowest BCUT2D eigenvalue weighted by atomic mass is 10.1. The second-order valence-electron chi connectivity index (χ2n) is 1.81. The molecule has 0 unspecified atom stereocenters. The van der Waals surface area contributed by atoms with Crippen molar-refractivity contribution in [3.63, 3.8) is 0 Å². The quantitative estimate of drug-likeness (QED) is 0.488. The van der Waals surface area contributed by atoms with Gasteiger partial charge in [0.25, 0.3) is 0 Å². The summed E-state index contributed by atoms with van der Waals surface area (Å²) in [5.41, 5.74) is 0.656. The molecule has 0 aromatic carbocycles. The Morgan fingerprint density at radius 1 is 2.09 bits per heavy atom. The molecule has 1 aromatic rings. The molecule has 0 aliphatic carbocycles. The fraction of sp³-hybridized carbons (Fsp3) is 0.200. The molecule has 6 heteroatoms. The maximum absolute atomic E-state index is 10.9. The first-order chi connectivity index (χ1) is 5.69. The number of methoxy groups -OCH3 is 1. The molecule has 11 heavy (non-hydrogen) atoms. The van der Waals surface area contributed by atoms with Gasteiger partial charge in [-0.25, -0.2) is 8.50 Å². The molecule has 0 spiro atoms. The van der Waals surface area contributed by atoms with Crippen LogP contribution >= 0.6 is 16.1 Å². The minimum Gasteiger partial charge on any atom is -0.464 e. The summed E-state index contributed by atoms with van der Waals surface area (Å²) in [7, 11) is 2.36. The lowest BCUT2D eigenvalue weighted by Gasteiger charge is -1.90. The lowest BCUT2D eigenvalue weighted by Crippen LogP contribution is -2.08. The van der Waals surface area contributed by atoms with Gasteiger partial charge < -0.3 is 4.74 Å². The van der Waals surface area contributed by atoms with Gasteiger partial charge in [-0.3, -0.25) is 0 Å². The van der Waals surface area contributed by atoms with Crippen LogP contribution in [0.3, 0.4) is 0 Å². The molecule has 1 radical (unpaired) electrons.